The molecule has 0 aliphatic heterocycles. The molecule has 0 bridgehead atoms. The van der Waals surface area contributed by atoms with Crippen molar-refractivity contribution in [1.82, 2.24) is 0 Å². The van der Waals surface area contributed by atoms with Gasteiger partial charge in [-0.15, -0.1) is 0 Å². The topological polar surface area (TPSA) is 102 Å². The van der Waals surface area contributed by atoms with E-state index in [4.69, 9.17) is 10.2 Å². The van der Waals surface area contributed by atoms with Crippen LogP contribution in [-0.4, -0.2) is 47.9 Å². The number of methoxy groups -OCH3 is 2. The molecule has 0 heterocycles. The molecule has 7 nitrogen and oxygen atoms in total. The van der Waals surface area contributed by atoms with Crippen LogP contribution in [0.3, 0.4) is 0 Å². The number of ether oxygens (including phenoxy) is 3. The summed E-state index contributed by atoms with van der Waals surface area (Å²) in [5.41, 5.74) is -2.04. The molecule has 0 atom stereocenters. The van der Waals surface area contributed by atoms with Crippen molar-refractivity contribution in [3.8, 4) is 23.7 Å². The number of hydrogen-bond acceptors (Lipinski definition) is 7. The number of hydrogen-bond donors (Lipinski definition) is 2. The third-order valence-electron chi connectivity index (χ3n) is 1.30. The Balaban J connectivity index is 0. The molecule has 0 aliphatic carbocycles. The minimum Gasteiger partial charge on any atom is -0.437 e. The zero-order valence-electron chi connectivity index (χ0n) is 12.9. The molecular weight excluding hydrogens is 280 g/mol. The first-order valence-electron chi connectivity index (χ1n) is 5.74. The van der Waals surface area contributed by atoms with E-state index in [2.05, 4.69) is 37.9 Å². The van der Waals surface area contributed by atoms with Crippen LogP contribution in [0.25, 0.3) is 0 Å². The summed E-state index contributed by atoms with van der Waals surface area (Å²) in [6, 6.07) is 0. The van der Waals surface area contributed by atoms with E-state index in [0.717, 1.165) is 14.2 Å². The van der Waals surface area contributed by atoms with Crippen molar-refractivity contribution in [2.75, 3.05) is 14.2 Å². The van der Waals surface area contributed by atoms with Crippen LogP contribution >= 0.6 is 0 Å². The van der Waals surface area contributed by atoms with E-state index in [1.807, 2.05) is 0 Å². The molecule has 2 N–H and O–H groups in total. The minimum atomic E-state index is -1.08. The van der Waals surface area contributed by atoms with Crippen molar-refractivity contribution in [1.29, 1.82) is 0 Å². The van der Waals surface area contributed by atoms with Gasteiger partial charge in [0.05, 0.1) is 14.2 Å². The van der Waals surface area contributed by atoms with Crippen LogP contribution in [0.2, 0.25) is 0 Å². The molecule has 0 aromatic heterocycles. The number of rotatable bonds is 0. The van der Waals surface area contributed by atoms with Gasteiger partial charge in [0.15, 0.2) is 0 Å². The Morgan fingerprint density at radius 3 is 1.29 bits per heavy atom. The summed E-state index contributed by atoms with van der Waals surface area (Å²) in [4.78, 5) is 20.1. The third kappa shape index (κ3) is 20.3. The van der Waals surface area contributed by atoms with Gasteiger partial charge in [0, 0.05) is 0 Å². The molecule has 0 unspecified atom stereocenters. The molecule has 0 aliphatic rings. The highest BCUT2D eigenvalue weighted by Crippen LogP contribution is 1.97. The average Bonchev–Trinajstić information content (AvgIpc) is 2.33. The molecule has 0 fully saturated rings. The molecule has 0 rings (SSSR count). The predicted molar refractivity (Wildman–Crippen MR) is 74.0 cm³/mol. The fourth-order valence-corrected chi connectivity index (χ4v) is 0.520. The molecule has 0 saturated heterocycles. The maximum Gasteiger partial charge on any atom is 0.518 e. The molecule has 0 amide bonds. The fourth-order valence-electron chi connectivity index (χ4n) is 0.520. The maximum atomic E-state index is 10.0. The Hall–Kier alpha value is -2.22. The van der Waals surface area contributed by atoms with Crippen molar-refractivity contribution in [2.24, 2.45) is 0 Å². The van der Waals surface area contributed by atoms with E-state index in [1.165, 1.54) is 0 Å². The van der Waals surface area contributed by atoms with Gasteiger partial charge in [-0.1, -0.05) is 11.8 Å². The second kappa shape index (κ2) is 9.65. The molecule has 0 saturated carbocycles. The summed E-state index contributed by atoms with van der Waals surface area (Å²) in [5.74, 6) is 9.95. The monoisotopic (exact) mass is 300 g/mol. The van der Waals surface area contributed by atoms with Gasteiger partial charge in [0.25, 0.3) is 0 Å². The van der Waals surface area contributed by atoms with E-state index in [-0.39, 0.29) is 0 Å². The Morgan fingerprint density at radius 2 is 1.10 bits per heavy atom. The number of aliphatic hydroxyl groups is 2. The first-order valence-corrected chi connectivity index (χ1v) is 5.74. The highest BCUT2D eigenvalue weighted by molar-refractivity contribution is 5.76. The molecule has 0 radical (unpaired) electrons. The van der Waals surface area contributed by atoms with Gasteiger partial charge in [-0.25, -0.2) is 9.59 Å². The Bertz CT molecular complexity index is 414. The Labute approximate surface area is 124 Å². The largest absolute Gasteiger partial charge is 0.518 e. The van der Waals surface area contributed by atoms with E-state index < -0.39 is 23.5 Å². The standard InChI is InChI=1S/C10H14O2.C4H6O5/c1-9(2,11)7-5-6-8-10(3,4)12;1-7-3(5)9-4(6)8-2/h11-12H,1-4H3;1-2H3. The van der Waals surface area contributed by atoms with Gasteiger partial charge in [-0.3, -0.25) is 0 Å². The summed E-state index contributed by atoms with van der Waals surface area (Å²) >= 11 is 0. The Morgan fingerprint density at radius 1 is 0.810 bits per heavy atom. The highest BCUT2D eigenvalue weighted by Gasteiger charge is 2.08. The summed E-state index contributed by atoms with van der Waals surface area (Å²) < 4.78 is 11.7. The second-order valence-corrected chi connectivity index (χ2v) is 4.63. The smallest absolute Gasteiger partial charge is 0.437 e. The molecule has 21 heavy (non-hydrogen) atoms. The average molecular weight is 300 g/mol. The van der Waals surface area contributed by atoms with Gasteiger partial charge in [-0.05, 0) is 39.5 Å². The van der Waals surface area contributed by atoms with E-state index in [9.17, 15) is 9.59 Å². The molecule has 7 heteroatoms. The van der Waals surface area contributed by atoms with Crippen LogP contribution in [0, 0.1) is 23.7 Å². The first-order chi connectivity index (χ1) is 9.41. The number of carbonyl (C=O) groups excluding carboxylic acids is 2. The van der Waals surface area contributed by atoms with Gasteiger partial charge in [0.2, 0.25) is 0 Å². The van der Waals surface area contributed by atoms with E-state index in [0.29, 0.717) is 0 Å². The first kappa shape index (κ1) is 21.1. The lowest BCUT2D eigenvalue weighted by molar-refractivity contribution is 0.0568. The van der Waals surface area contributed by atoms with Crippen LogP contribution in [0.4, 0.5) is 9.59 Å². The van der Waals surface area contributed by atoms with Crippen molar-refractivity contribution in [3.63, 3.8) is 0 Å². The summed E-state index contributed by atoms with van der Waals surface area (Å²) in [6.45, 7) is 6.30. The summed E-state index contributed by atoms with van der Waals surface area (Å²) in [5, 5.41) is 18.3. The van der Waals surface area contributed by atoms with Crippen LogP contribution < -0.4 is 0 Å². The molecule has 118 valence electrons. The Kier molecular flexibility index (Phi) is 9.69. The van der Waals surface area contributed by atoms with Crippen LogP contribution in [0.5, 0.6) is 0 Å². The van der Waals surface area contributed by atoms with Crippen molar-refractivity contribution in [3.05, 3.63) is 0 Å². The fraction of sp³-hybridized carbons (Fsp3) is 0.571. The van der Waals surface area contributed by atoms with Crippen LogP contribution in [-0.2, 0) is 14.2 Å². The van der Waals surface area contributed by atoms with Crippen molar-refractivity contribution in [2.45, 2.75) is 38.9 Å². The maximum absolute atomic E-state index is 10.0. The van der Waals surface area contributed by atoms with Crippen molar-refractivity contribution >= 4 is 12.3 Å². The van der Waals surface area contributed by atoms with E-state index in [1.54, 1.807) is 27.7 Å². The quantitative estimate of drug-likeness (QED) is 0.392. The zero-order chi connectivity index (χ0) is 17.1. The summed E-state index contributed by atoms with van der Waals surface area (Å²) in [7, 11) is 2.18. The van der Waals surface area contributed by atoms with Gasteiger partial charge < -0.3 is 24.4 Å². The number of carbonyl (C=O) groups is 2. The lowest BCUT2D eigenvalue weighted by Gasteiger charge is -2.05. The van der Waals surface area contributed by atoms with Crippen LogP contribution in [0.15, 0.2) is 0 Å². The predicted octanol–water partition coefficient (Wildman–Crippen LogP) is 1.07. The lowest BCUT2D eigenvalue weighted by Crippen LogP contribution is -2.15. The minimum absolute atomic E-state index is 1.02. The van der Waals surface area contributed by atoms with Crippen LogP contribution in [0.1, 0.15) is 27.7 Å². The van der Waals surface area contributed by atoms with E-state index >= 15 is 0 Å². The SMILES string of the molecule is CC(C)(O)C#CC#CC(C)(C)O.COC(=O)OC(=O)OC. The highest BCUT2D eigenvalue weighted by atomic mass is 16.8. The summed E-state index contributed by atoms with van der Waals surface area (Å²) in [6.07, 6.45) is -2.16. The lowest BCUT2D eigenvalue weighted by atomic mass is 10.1. The second-order valence-electron chi connectivity index (χ2n) is 4.63. The normalized spacial score (nSPS) is 9.52. The van der Waals surface area contributed by atoms with Gasteiger partial charge in [-0.2, -0.15) is 0 Å². The van der Waals surface area contributed by atoms with Gasteiger partial charge in [0.1, 0.15) is 11.2 Å². The van der Waals surface area contributed by atoms with Crippen molar-refractivity contribution < 1.29 is 34.0 Å². The van der Waals surface area contributed by atoms with Gasteiger partial charge >= 0.3 is 12.3 Å². The molecule has 0 aromatic carbocycles. The molecular formula is C14H20O7. The molecule has 0 aromatic rings. The molecule has 0 spiro atoms. The third-order valence-corrected chi connectivity index (χ3v) is 1.30. The zero-order valence-corrected chi connectivity index (χ0v) is 12.9.